The van der Waals surface area contributed by atoms with Gasteiger partial charge in [0.2, 0.25) is 12.0 Å². The topological polar surface area (TPSA) is 234 Å². The summed E-state index contributed by atoms with van der Waals surface area (Å²) in [6.45, 7) is 0. The Bertz CT molecular complexity index is 2470. The van der Waals surface area contributed by atoms with Gasteiger partial charge in [-0.2, -0.15) is 0 Å². The van der Waals surface area contributed by atoms with Crippen LogP contribution in [0.15, 0.2) is 97.3 Å². The van der Waals surface area contributed by atoms with E-state index in [2.05, 4.69) is 10.3 Å². The molecule has 0 saturated carbocycles. The molecule has 60 heavy (non-hydrogen) atoms. The van der Waals surface area contributed by atoms with Crippen molar-refractivity contribution in [3.05, 3.63) is 114 Å². The number of hydrogen-bond acceptors (Lipinski definition) is 14. The first kappa shape index (κ1) is 39.2. The third-order valence-corrected chi connectivity index (χ3v) is 11.6. The van der Waals surface area contributed by atoms with Crippen LogP contribution < -0.4 is 34.7 Å². The third kappa shape index (κ3) is 6.53. The molecule has 0 bridgehead atoms. The van der Waals surface area contributed by atoms with Crippen LogP contribution in [0.5, 0.6) is 28.7 Å². The van der Waals surface area contributed by atoms with E-state index in [9.17, 15) is 30.0 Å². The number of benzene rings is 4. The Kier molecular flexibility index (Phi) is 10.0. The molecular weight excluding hydrogens is 778 g/mol. The van der Waals surface area contributed by atoms with Crippen LogP contribution >= 0.6 is 0 Å². The van der Waals surface area contributed by atoms with Gasteiger partial charge in [0.15, 0.2) is 23.2 Å². The maximum absolute atomic E-state index is 12.6. The lowest BCUT2D eigenvalue weighted by Gasteiger charge is -2.52. The molecule has 10 atom stereocenters. The Hall–Kier alpha value is -6.30. The van der Waals surface area contributed by atoms with Crippen LogP contribution in [0.25, 0.3) is 22.0 Å². The number of aliphatic hydroxyl groups is 3. The second-order valence-electron chi connectivity index (χ2n) is 15.2. The van der Waals surface area contributed by atoms with E-state index >= 15 is 0 Å². The molecule has 312 valence electrons. The number of nitrogens with two attached hydrogens (primary N) is 1. The van der Waals surface area contributed by atoms with Gasteiger partial charge in [-0.25, -0.2) is 0 Å². The van der Waals surface area contributed by atoms with Gasteiger partial charge in [-0.1, -0.05) is 54.6 Å². The number of aromatic nitrogens is 1. The van der Waals surface area contributed by atoms with Crippen LogP contribution in [0.1, 0.15) is 35.1 Å². The van der Waals surface area contributed by atoms with Crippen LogP contribution in [0.3, 0.4) is 0 Å². The Morgan fingerprint density at radius 2 is 1.70 bits per heavy atom. The summed E-state index contributed by atoms with van der Waals surface area (Å²) in [6.07, 6.45) is -7.19. The number of carbonyl (C=O) groups excluding carboxylic acids is 1. The molecule has 1 aromatic heterocycles. The molecule has 4 aliphatic heterocycles. The first-order valence-electron chi connectivity index (χ1n) is 19.4. The highest BCUT2D eigenvalue weighted by Gasteiger charge is 2.61. The number of fused-ring (bicyclic) bond motifs is 6. The maximum atomic E-state index is 12.6. The van der Waals surface area contributed by atoms with Crippen molar-refractivity contribution in [3.63, 3.8) is 0 Å². The molecule has 9 rings (SSSR count). The SMILES string of the molecule is COc1ccc2c(c1OC)O[C@H]1c3c(cc(O[C@@H]4O[C@@]5(C=CN[C@@H](N)[C@@H]5OC(=O)CC(=O)O)[C@@H](O)[C@H](O)[C@H]4O)cc3-c3c[nH]c4ccccc34)O[C@H](Cc3ccccc3)[C@@H]21. The van der Waals surface area contributed by atoms with Crippen molar-refractivity contribution in [3.8, 4) is 39.9 Å². The number of carboxylic acid groups (broad SMARTS) is 1. The molecule has 1 spiro atoms. The molecule has 16 heteroatoms. The zero-order valence-corrected chi connectivity index (χ0v) is 32.4. The molecule has 5 heterocycles. The number of carbonyl (C=O) groups is 2. The fourth-order valence-corrected chi connectivity index (χ4v) is 8.90. The summed E-state index contributed by atoms with van der Waals surface area (Å²) in [4.78, 5) is 27.3. The predicted octanol–water partition coefficient (Wildman–Crippen LogP) is 3.42. The monoisotopic (exact) mass is 821 g/mol. The zero-order valence-electron chi connectivity index (χ0n) is 32.4. The summed E-state index contributed by atoms with van der Waals surface area (Å²) in [5.41, 5.74) is 9.13. The quantitative estimate of drug-likeness (QED) is 0.0790. The Morgan fingerprint density at radius 1 is 0.917 bits per heavy atom. The number of H-pyrrole nitrogens is 1. The second-order valence-corrected chi connectivity index (χ2v) is 15.2. The average molecular weight is 822 g/mol. The molecular formula is C44H43N3O13. The number of hydrogen-bond donors (Lipinski definition) is 7. The zero-order chi connectivity index (χ0) is 41.9. The van der Waals surface area contributed by atoms with Gasteiger partial charge >= 0.3 is 11.9 Å². The smallest absolute Gasteiger partial charge is 0.317 e. The van der Waals surface area contributed by atoms with Crippen molar-refractivity contribution in [1.82, 2.24) is 10.3 Å². The van der Waals surface area contributed by atoms with Crippen molar-refractivity contribution in [2.75, 3.05) is 14.2 Å². The lowest BCUT2D eigenvalue weighted by molar-refractivity contribution is -0.321. The van der Waals surface area contributed by atoms with Gasteiger partial charge in [0.25, 0.3) is 0 Å². The van der Waals surface area contributed by atoms with E-state index in [0.29, 0.717) is 40.5 Å². The number of esters is 1. The summed E-state index contributed by atoms with van der Waals surface area (Å²) < 4.78 is 43.7. The van der Waals surface area contributed by atoms with Crippen LogP contribution in [0.4, 0.5) is 0 Å². The fraction of sp³-hybridized carbons (Fsp3) is 0.318. The molecule has 1 fully saturated rings. The summed E-state index contributed by atoms with van der Waals surface area (Å²) in [5, 5.41) is 47.0. The van der Waals surface area contributed by atoms with Crippen molar-refractivity contribution < 1.29 is 63.2 Å². The molecule has 1 saturated heterocycles. The van der Waals surface area contributed by atoms with Gasteiger partial charge in [-0.15, -0.1) is 0 Å². The fourth-order valence-electron chi connectivity index (χ4n) is 8.90. The molecule has 4 aliphatic rings. The minimum absolute atomic E-state index is 0.144. The number of para-hydroxylation sites is 1. The largest absolute Gasteiger partial charge is 0.493 e. The normalized spacial score (nSPS) is 28.7. The van der Waals surface area contributed by atoms with Gasteiger partial charge in [-0.3, -0.25) is 9.59 Å². The average Bonchev–Trinajstić information content (AvgIpc) is 3.85. The second kappa shape index (κ2) is 15.4. The molecule has 16 nitrogen and oxygen atoms in total. The highest BCUT2D eigenvalue weighted by molar-refractivity contribution is 5.97. The van der Waals surface area contributed by atoms with Crippen molar-refractivity contribution in [1.29, 1.82) is 0 Å². The van der Waals surface area contributed by atoms with E-state index in [0.717, 1.165) is 27.6 Å². The molecule has 0 radical (unpaired) electrons. The van der Waals surface area contributed by atoms with E-state index in [4.69, 9.17) is 38.9 Å². The number of ether oxygens (including phenoxy) is 7. The maximum Gasteiger partial charge on any atom is 0.317 e. The number of methoxy groups -OCH3 is 2. The summed E-state index contributed by atoms with van der Waals surface area (Å²) in [5.74, 6) is -0.865. The van der Waals surface area contributed by atoms with Crippen molar-refractivity contribution >= 4 is 22.8 Å². The van der Waals surface area contributed by atoms with E-state index in [1.54, 1.807) is 26.4 Å². The van der Waals surface area contributed by atoms with Crippen LogP contribution in [0.2, 0.25) is 0 Å². The van der Waals surface area contributed by atoms with E-state index in [-0.39, 0.29) is 11.7 Å². The van der Waals surface area contributed by atoms with Crippen LogP contribution in [-0.4, -0.2) is 100 Å². The van der Waals surface area contributed by atoms with E-state index in [1.807, 2.05) is 72.9 Å². The van der Waals surface area contributed by atoms with Crippen LogP contribution in [-0.2, 0) is 25.5 Å². The molecule has 0 amide bonds. The molecule has 4 aromatic carbocycles. The van der Waals surface area contributed by atoms with Crippen LogP contribution in [0, 0.1) is 0 Å². The summed E-state index contributed by atoms with van der Waals surface area (Å²) >= 11 is 0. The van der Waals surface area contributed by atoms with Gasteiger partial charge < -0.3 is 69.6 Å². The first-order valence-corrected chi connectivity index (χ1v) is 19.4. The van der Waals surface area contributed by atoms with E-state index in [1.165, 1.54) is 12.3 Å². The number of aliphatic carboxylic acids is 1. The highest BCUT2D eigenvalue weighted by atomic mass is 16.7. The van der Waals surface area contributed by atoms with Crippen molar-refractivity contribution in [2.24, 2.45) is 5.73 Å². The van der Waals surface area contributed by atoms with Gasteiger partial charge in [0.1, 0.15) is 54.6 Å². The lowest BCUT2D eigenvalue weighted by Crippen LogP contribution is -2.74. The summed E-state index contributed by atoms with van der Waals surface area (Å²) in [6, 6.07) is 25.0. The first-order chi connectivity index (χ1) is 29.0. The third-order valence-electron chi connectivity index (χ3n) is 11.6. The standard InChI is InChI=1S/C44H43N3O13/c1-54-28-13-12-24-33-29(16-21-8-4-3-5-9-21)57-30-18-22(17-25(26-20-47-27-11-7-6-10-23(26)27)34(30)39(33)59-37(24)38(28)55-2)56-43-36(52)35(51)40(53)44(60-43)14-15-46-42(45)41(44)58-32(50)19-31(48)49/h3-15,17-18,20,29,33,35-36,39-43,46-47,51-53H,16,19,45H2,1-2H3,(H,48,49)/t29-,33-,35-,36-,39-,40+,41+,42-,43-,44+/m1/s1. The molecule has 0 unspecified atom stereocenters. The van der Waals surface area contributed by atoms with Gasteiger partial charge in [0, 0.05) is 46.3 Å². The number of carboxylic acids is 1. The molecule has 5 aromatic rings. The number of nitrogens with one attached hydrogen (secondary N) is 2. The molecule has 8 N–H and O–H groups in total. The Labute approximate surface area is 343 Å². The van der Waals surface area contributed by atoms with Gasteiger partial charge in [-0.05, 0) is 41.6 Å². The number of aromatic amines is 1. The summed E-state index contributed by atoms with van der Waals surface area (Å²) in [7, 11) is 3.13. The number of rotatable bonds is 10. The van der Waals surface area contributed by atoms with Gasteiger partial charge in [0.05, 0.1) is 20.1 Å². The lowest BCUT2D eigenvalue weighted by atomic mass is 9.79. The minimum Gasteiger partial charge on any atom is -0.493 e. The van der Waals surface area contributed by atoms with Crippen molar-refractivity contribution in [2.45, 2.75) is 73.4 Å². The molecule has 0 aliphatic carbocycles. The number of aliphatic hydroxyl groups excluding tert-OH is 3. The Morgan fingerprint density at radius 3 is 2.47 bits per heavy atom. The van der Waals surface area contributed by atoms with E-state index < -0.39 is 73.0 Å². The Balaban J connectivity index is 1.17. The predicted molar refractivity (Wildman–Crippen MR) is 213 cm³/mol. The minimum atomic E-state index is -2.09. The highest BCUT2D eigenvalue weighted by Crippen LogP contribution is 2.60.